The van der Waals surface area contributed by atoms with Crippen molar-refractivity contribution < 1.29 is 14.7 Å². The SMILES string of the molecule is CCCNC(=O)C1=C(O)C(CC(C)C)NC1=O. The van der Waals surface area contributed by atoms with E-state index in [2.05, 4.69) is 10.6 Å². The zero-order valence-electron chi connectivity index (χ0n) is 10.5. The maximum Gasteiger partial charge on any atom is 0.261 e. The van der Waals surface area contributed by atoms with Crippen LogP contribution < -0.4 is 10.6 Å². The van der Waals surface area contributed by atoms with Crippen molar-refractivity contribution >= 4 is 11.8 Å². The van der Waals surface area contributed by atoms with E-state index in [4.69, 9.17) is 0 Å². The first-order valence-corrected chi connectivity index (χ1v) is 5.99. The number of hydrogen-bond acceptors (Lipinski definition) is 3. The molecule has 96 valence electrons. The van der Waals surface area contributed by atoms with Crippen LogP contribution in [-0.4, -0.2) is 29.5 Å². The molecule has 0 radical (unpaired) electrons. The second-order valence-corrected chi connectivity index (χ2v) is 4.67. The van der Waals surface area contributed by atoms with Gasteiger partial charge < -0.3 is 15.7 Å². The van der Waals surface area contributed by atoms with E-state index in [0.29, 0.717) is 18.9 Å². The molecule has 1 unspecified atom stereocenters. The number of carbonyl (C=O) groups is 2. The van der Waals surface area contributed by atoms with Crippen molar-refractivity contribution in [2.45, 2.75) is 39.7 Å². The fourth-order valence-corrected chi connectivity index (χ4v) is 1.78. The van der Waals surface area contributed by atoms with Crippen molar-refractivity contribution in [1.29, 1.82) is 0 Å². The smallest absolute Gasteiger partial charge is 0.261 e. The Balaban J connectivity index is 2.77. The summed E-state index contributed by atoms with van der Waals surface area (Å²) >= 11 is 0. The zero-order chi connectivity index (χ0) is 13.0. The van der Waals surface area contributed by atoms with Crippen molar-refractivity contribution in [2.75, 3.05) is 6.54 Å². The van der Waals surface area contributed by atoms with Gasteiger partial charge in [0.25, 0.3) is 11.8 Å². The van der Waals surface area contributed by atoms with Gasteiger partial charge in [-0.25, -0.2) is 0 Å². The molecule has 0 saturated carbocycles. The monoisotopic (exact) mass is 240 g/mol. The van der Waals surface area contributed by atoms with E-state index in [-0.39, 0.29) is 11.3 Å². The Bertz CT molecular complexity index is 348. The van der Waals surface area contributed by atoms with E-state index >= 15 is 0 Å². The van der Waals surface area contributed by atoms with Crippen LogP contribution >= 0.6 is 0 Å². The number of nitrogens with one attached hydrogen (secondary N) is 2. The molecule has 1 heterocycles. The summed E-state index contributed by atoms with van der Waals surface area (Å²) in [5, 5.41) is 15.1. The summed E-state index contributed by atoms with van der Waals surface area (Å²) in [4.78, 5) is 23.3. The molecule has 0 fully saturated rings. The Kier molecular flexibility index (Phi) is 4.54. The summed E-state index contributed by atoms with van der Waals surface area (Å²) in [5.74, 6) is -0.771. The van der Waals surface area contributed by atoms with Gasteiger partial charge in [0.2, 0.25) is 0 Å². The molecular formula is C12H20N2O3. The van der Waals surface area contributed by atoms with Gasteiger partial charge in [-0.1, -0.05) is 20.8 Å². The lowest BCUT2D eigenvalue weighted by molar-refractivity contribution is -0.123. The fraction of sp³-hybridized carbons (Fsp3) is 0.667. The van der Waals surface area contributed by atoms with Crippen molar-refractivity contribution in [3.8, 4) is 0 Å². The van der Waals surface area contributed by atoms with Gasteiger partial charge in [0.1, 0.15) is 11.3 Å². The third kappa shape index (κ3) is 3.22. The lowest BCUT2D eigenvalue weighted by Gasteiger charge is -2.12. The molecule has 0 aromatic carbocycles. The molecule has 17 heavy (non-hydrogen) atoms. The molecule has 5 heteroatoms. The quantitative estimate of drug-likeness (QED) is 0.624. The minimum Gasteiger partial charge on any atom is -0.509 e. The number of amides is 2. The van der Waals surface area contributed by atoms with E-state index in [1.807, 2.05) is 20.8 Å². The maximum absolute atomic E-state index is 11.7. The number of rotatable bonds is 5. The highest BCUT2D eigenvalue weighted by atomic mass is 16.3. The third-order valence-electron chi connectivity index (χ3n) is 2.59. The molecule has 0 spiro atoms. The molecule has 5 nitrogen and oxygen atoms in total. The predicted octanol–water partition coefficient (Wildman–Crippen LogP) is 0.869. The molecule has 2 amide bonds. The molecule has 0 aromatic heterocycles. The first-order chi connectivity index (χ1) is 7.97. The van der Waals surface area contributed by atoms with Gasteiger partial charge in [-0.3, -0.25) is 9.59 Å². The summed E-state index contributed by atoms with van der Waals surface area (Å²) in [6.45, 7) is 6.41. The Morgan fingerprint density at radius 2 is 2.18 bits per heavy atom. The second-order valence-electron chi connectivity index (χ2n) is 4.67. The second kappa shape index (κ2) is 5.70. The maximum atomic E-state index is 11.7. The van der Waals surface area contributed by atoms with Crippen LogP contribution in [0, 0.1) is 5.92 Å². The Morgan fingerprint density at radius 3 is 2.71 bits per heavy atom. The molecule has 1 atom stereocenters. The average Bonchev–Trinajstić information content (AvgIpc) is 2.50. The fourth-order valence-electron chi connectivity index (χ4n) is 1.78. The van der Waals surface area contributed by atoms with Crippen LogP contribution in [0.1, 0.15) is 33.6 Å². The Hall–Kier alpha value is -1.52. The highest BCUT2D eigenvalue weighted by Gasteiger charge is 2.35. The van der Waals surface area contributed by atoms with E-state index in [0.717, 1.165) is 6.42 Å². The summed E-state index contributed by atoms with van der Waals surface area (Å²) in [7, 11) is 0. The van der Waals surface area contributed by atoms with Crippen molar-refractivity contribution in [1.82, 2.24) is 10.6 Å². The van der Waals surface area contributed by atoms with Crippen LogP contribution in [0.3, 0.4) is 0 Å². The van der Waals surface area contributed by atoms with Crippen LogP contribution in [-0.2, 0) is 9.59 Å². The van der Waals surface area contributed by atoms with E-state index in [9.17, 15) is 14.7 Å². The molecular weight excluding hydrogens is 220 g/mol. The molecule has 0 aliphatic carbocycles. The van der Waals surface area contributed by atoms with Crippen molar-refractivity contribution in [3.63, 3.8) is 0 Å². The van der Waals surface area contributed by atoms with Crippen LogP contribution in [0.5, 0.6) is 0 Å². The summed E-state index contributed by atoms with van der Waals surface area (Å²) in [6.07, 6.45) is 1.42. The molecule has 1 aliphatic rings. The van der Waals surface area contributed by atoms with Gasteiger partial charge in [-0.15, -0.1) is 0 Å². The van der Waals surface area contributed by atoms with Crippen molar-refractivity contribution in [2.24, 2.45) is 5.92 Å². The van der Waals surface area contributed by atoms with Crippen molar-refractivity contribution in [3.05, 3.63) is 11.3 Å². The zero-order valence-corrected chi connectivity index (χ0v) is 10.5. The molecule has 0 saturated heterocycles. The van der Waals surface area contributed by atoms with Gasteiger partial charge in [-0.05, 0) is 18.8 Å². The normalized spacial score (nSPS) is 19.8. The first kappa shape index (κ1) is 13.5. The summed E-state index contributed by atoms with van der Waals surface area (Å²) in [6, 6.07) is -0.426. The number of aliphatic hydroxyl groups excluding tert-OH is 1. The third-order valence-corrected chi connectivity index (χ3v) is 2.59. The molecule has 1 rings (SSSR count). The van der Waals surface area contributed by atoms with Crippen LogP contribution in [0.25, 0.3) is 0 Å². The molecule has 3 N–H and O–H groups in total. The van der Waals surface area contributed by atoms with Crippen LogP contribution in [0.15, 0.2) is 11.3 Å². The van der Waals surface area contributed by atoms with Gasteiger partial charge in [0, 0.05) is 6.54 Å². The van der Waals surface area contributed by atoms with Gasteiger partial charge in [0.15, 0.2) is 0 Å². The lowest BCUT2D eigenvalue weighted by Crippen LogP contribution is -2.33. The molecule has 0 aromatic rings. The number of aliphatic hydroxyl groups is 1. The Labute approximate surface area is 101 Å². The standard InChI is InChI=1S/C12H20N2O3/c1-4-5-13-11(16)9-10(15)8(6-7(2)3)14-12(9)17/h7-8,15H,4-6H2,1-3H3,(H,13,16)(H,14,17). The summed E-state index contributed by atoms with van der Waals surface area (Å²) in [5.41, 5.74) is -0.135. The molecule has 1 aliphatic heterocycles. The van der Waals surface area contributed by atoms with Crippen LogP contribution in [0.4, 0.5) is 0 Å². The number of hydrogen-bond donors (Lipinski definition) is 3. The molecule has 0 bridgehead atoms. The number of carbonyl (C=O) groups excluding carboxylic acids is 2. The van der Waals surface area contributed by atoms with Crippen LogP contribution in [0.2, 0.25) is 0 Å². The van der Waals surface area contributed by atoms with E-state index < -0.39 is 17.9 Å². The van der Waals surface area contributed by atoms with E-state index in [1.165, 1.54) is 0 Å². The minimum atomic E-state index is -0.492. The highest BCUT2D eigenvalue weighted by Crippen LogP contribution is 2.20. The topological polar surface area (TPSA) is 78.4 Å². The highest BCUT2D eigenvalue weighted by molar-refractivity contribution is 6.20. The van der Waals surface area contributed by atoms with E-state index in [1.54, 1.807) is 0 Å². The Morgan fingerprint density at radius 1 is 1.53 bits per heavy atom. The van der Waals surface area contributed by atoms with Gasteiger partial charge >= 0.3 is 0 Å². The lowest BCUT2D eigenvalue weighted by atomic mass is 10.0. The first-order valence-electron chi connectivity index (χ1n) is 5.99. The predicted molar refractivity (Wildman–Crippen MR) is 64.3 cm³/mol. The largest absolute Gasteiger partial charge is 0.509 e. The average molecular weight is 240 g/mol. The minimum absolute atomic E-state index is 0.127. The van der Waals surface area contributed by atoms with Gasteiger partial charge in [0.05, 0.1) is 6.04 Å². The van der Waals surface area contributed by atoms with Gasteiger partial charge in [-0.2, -0.15) is 0 Å². The summed E-state index contributed by atoms with van der Waals surface area (Å²) < 4.78 is 0.